The van der Waals surface area contributed by atoms with Gasteiger partial charge in [-0.2, -0.15) is 0 Å². The quantitative estimate of drug-likeness (QED) is 0.876. The van der Waals surface area contributed by atoms with E-state index in [1.54, 1.807) is 18.7 Å². The van der Waals surface area contributed by atoms with E-state index in [9.17, 15) is 22.8 Å². The number of aliphatic carboxylic acids is 1. The third-order valence-corrected chi connectivity index (χ3v) is 4.39. The van der Waals surface area contributed by atoms with E-state index in [0.717, 1.165) is 18.6 Å². The molecular formula is C17H20F3NO4. The van der Waals surface area contributed by atoms with Crippen LogP contribution < -0.4 is 4.74 Å². The van der Waals surface area contributed by atoms with Crippen LogP contribution in [0.15, 0.2) is 24.3 Å². The van der Waals surface area contributed by atoms with Crippen molar-refractivity contribution in [2.45, 2.75) is 50.9 Å². The maximum absolute atomic E-state index is 12.9. The highest BCUT2D eigenvalue weighted by Gasteiger charge is 2.39. The molecule has 1 fully saturated rings. The number of carboxylic acid groups (broad SMARTS) is 1. The molecule has 1 atom stereocenters. The molecule has 2 rings (SSSR count). The number of hydrogen-bond acceptors (Lipinski definition) is 3. The zero-order valence-corrected chi connectivity index (χ0v) is 14.0. The molecule has 0 aliphatic carbocycles. The van der Waals surface area contributed by atoms with Crippen LogP contribution in [0.4, 0.5) is 13.2 Å². The predicted octanol–water partition coefficient (Wildman–Crippen LogP) is 3.33. The fourth-order valence-electron chi connectivity index (χ4n) is 3.07. The number of benzene rings is 1. The molecular weight excluding hydrogens is 339 g/mol. The molecule has 0 bridgehead atoms. The van der Waals surface area contributed by atoms with Crippen LogP contribution in [0.2, 0.25) is 0 Å². The summed E-state index contributed by atoms with van der Waals surface area (Å²) in [6.45, 7) is 3.83. The average Bonchev–Trinajstić information content (AvgIpc) is 2.92. The lowest BCUT2D eigenvalue weighted by molar-refractivity contribution is -0.274. The highest BCUT2D eigenvalue weighted by molar-refractivity contribution is 5.88. The van der Waals surface area contributed by atoms with E-state index < -0.39 is 17.7 Å². The van der Waals surface area contributed by atoms with Gasteiger partial charge in [0.25, 0.3) is 0 Å². The normalized spacial score (nSPS) is 18.3. The fourth-order valence-corrected chi connectivity index (χ4v) is 3.07. The monoisotopic (exact) mass is 359 g/mol. The van der Waals surface area contributed by atoms with E-state index in [-0.39, 0.29) is 24.1 Å². The van der Waals surface area contributed by atoms with Crippen molar-refractivity contribution in [2.75, 3.05) is 6.54 Å². The molecule has 0 saturated carbocycles. The lowest BCUT2D eigenvalue weighted by Crippen LogP contribution is -2.46. The first kappa shape index (κ1) is 19.1. The molecule has 1 saturated heterocycles. The Hall–Kier alpha value is -2.25. The minimum absolute atomic E-state index is 0.111. The zero-order valence-electron chi connectivity index (χ0n) is 14.0. The van der Waals surface area contributed by atoms with Crippen molar-refractivity contribution in [1.29, 1.82) is 0 Å². The Balaban J connectivity index is 2.16. The van der Waals surface area contributed by atoms with E-state index in [1.807, 2.05) is 0 Å². The molecule has 0 spiro atoms. The molecule has 0 radical (unpaired) electrons. The summed E-state index contributed by atoms with van der Waals surface area (Å²) in [6, 6.07) is 4.81. The number of ether oxygens (including phenoxy) is 1. The van der Waals surface area contributed by atoms with Crippen LogP contribution in [-0.4, -0.2) is 40.8 Å². The number of carbonyl (C=O) groups is 2. The molecule has 0 aromatic heterocycles. The standard InChI is InChI=1S/C17H20F3NO4/c1-16(2,11-5-7-13(8-6-11)25-17(18,19)20)15(24)21-9-3-4-12(21)10-14(22)23/h5-8,12H,3-4,9-10H2,1-2H3,(H,22,23). The molecule has 1 aromatic rings. The Bertz CT molecular complexity index is 640. The van der Waals surface area contributed by atoms with Gasteiger partial charge in [-0.15, -0.1) is 13.2 Å². The van der Waals surface area contributed by atoms with E-state index in [0.29, 0.717) is 18.5 Å². The molecule has 138 valence electrons. The van der Waals surface area contributed by atoms with Crippen molar-refractivity contribution in [3.63, 3.8) is 0 Å². The molecule has 1 unspecified atom stereocenters. The van der Waals surface area contributed by atoms with Gasteiger partial charge in [-0.05, 0) is 44.4 Å². The maximum atomic E-state index is 12.9. The lowest BCUT2D eigenvalue weighted by Gasteiger charge is -2.33. The summed E-state index contributed by atoms with van der Waals surface area (Å²) in [5, 5.41) is 8.97. The molecule has 1 aromatic carbocycles. The highest BCUT2D eigenvalue weighted by Crippen LogP contribution is 2.32. The minimum atomic E-state index is -4.77. The lowest BCUT2D eigenvalue weighted by atomic mass is 9.83. The number of amides is 1. The Kier molecular flexibility index (Phi) is 5.29. The summed E-state index contributed by atoms with van der Waals surface area (Å²) in [5.74, 6) is -1.55. The number of hydrogen-bond donors (Lipinski definition) is 1. The Morgan fingerprint density at radius 2 is 1.84 bits per heavy atom. The number of nitrogens with zero attached hydrogens (tertiary/aromatic N) is 1. The number of halogens is 3. The number of alkyl halides is 3. The first-order valence-electron chi connectivity index (χ1n) is 7.90. The highest BCUT2D eigenvalue weighted by atomic mass is 19.4. The van der Waals surface area contributed by atoms with E-state index >= 15 is 0 Å². The Morgan fingerprint density at radius 1 is 1.24 bits per heavy atom. The van der Waals surface area contributed by atoms with Crippen molar-refractivity contribution >= 4 is 11.9 Å². The molecule has 8 heteroatoms. The fraction of sp³-hybridized carbons (Fsp3) is 0.529. The van der Waals surface area contributed by atoms with Gasteiger partial charge >= 0.3 is 12.3 Å². The molecule has 1 heterocycles. The van der Waals surface area contributed by atoms with Crippen LogP contribution in [0.25, 0.3) is 0 Å². The third-order valence-electron chi connectivity index (χ3n) is 4.39. The van der Waals surface area contributed by atoms with Crippen LogP contribution in [-0.2, 0) is 15.0 Å². The van der Waals surface area contributed by atoms with Gasteiger partial charge in [-0.25, -0.2) is 0 Å². The number of carboxylic acids is 1. The van der Waals surface area contributed by atoms with E-state index in [4.69, 9.17) is 5.11 Å². The molecule has 1 aliphatic rings. The van der Waals surface area contributed by atoms with Gasteiger partial charge in [-0.1, -0.05) is 12.1 Å². The molecule has 1 amide bonds. The second-order valence-electron chi connectivity index (χ2n) is 6.59. The number of rotatable bonds is 5. The topological polar surface area (TPSA) is 66.8 Å². The molecule has 25 heavy (non-hydrogen) atoms. The molecule has 1 N–H and O–H groups in total. The third kappa shape index (κ3) is 4.64. The van der Waals surface area contributed by atoms with Gasteiger partial charge in [0, 0.05) is 12.6 Å². The van der Waals surface area contributed by atoms with Gasteiger partial charge < -0.3 is 14.7 Å². The summed E-state index contributed by atoms with van der Waals surface area (Å²) in [4.78, 5) is 25.4. The molecule has 5 nitrogen and oxygen atoms in total. The molecule has 1 aliphatic heterocycles. The van der Waals surface area contributed by atoms with Gasteiger partial charge in [0.15, 0.2) is 0 Å². The summed E-state index contributed by atoms with van der Waals surface area (Å²) in [6.07, 6.45) is -3.52. The predicted molar refractivity (Wildman–Crippen MR) is 83.1 cm³/mol. The summed E-state index contributed by atoms with van der Waals surface area (Å²) >= 11 is 0. The van der Waals surface area contributed by atoms with Gasteiger partial charge in [0.2, 0.25) is 5.91 Å². The van der Waals surface area contributed by atoms with Crippen molar-refractivity contribution < 1.29 is 32.6 Å². The van der Waals surface area contributed by atoms with E-state index in [1.165, 1.54) is 12.1 Å². The average molecular weight is 359 g/mol. The van der Waals surface area contributed by atoms with Crippen LogP contribution in [0.5, 0.6) is 5.75 Å². The Morgan fingerprint density at radius 3 is 2.36 bits per heavy atom. The zero-order chi connectivity index (χ0) is 18.8. The first-order chi connectivity index (χ1) is 11.5. The maximum Gasteiger partial charge on any atom is 0.573 e. The second-order valence-corrected chi connectivity index (χ2v) is 6.59. The van der Waals surface area contributed by atoms with Crippen LogP contribution in [0.3, 0.4) is 0 Å². The van der Waals surface area contributed by atoms with Crippen molar-refractivity contribution in [1.82, 2.24) is 4.90 Å². The van der Waals surface area contributed by atoms with E-state index in [2.05, 4.69) is 4.74 Å². The summed E-state index contributed by atoms with van der Waals surface area (Å²) < 4.78 is 40.5. The minimum Gasteiger partial charge on any atom is -0.481 e. The smallest absolute Gasteiger partial charge is 0.481 e. The summed E-state index contributed by atoms with van der Waals surface area (Å²) in [7, 11) is 0. The van der Waals surface area contributed by atoms with Crippen molar-refractivity contribution in [3.05, 3.63) is 29.8 Å². The Labute approximate surface area is 143 Å². The number of carbonyl (C=O) groups excluding carboxylic acids is 1. The van der Waals surface area contributed by atoms with Crippen LogP contribution >= 0.6 is 0 Å². The second kappa shape index (κ2) is 6.93. The van der Waals surface area contributed by atoms with Crippen LogP contribution in [0, 0.1) is 0 Å². The SMILES string of the molecule is CC(C)(C(=O)N1CCCC1CC(=O)O)c1ccc(OC(F)(F)F)cc1. The van der Waals surface area contributed by atoms with Crippen LogP contribution in [0.1, 0.15) is 38.7 Å². The largest absolute Gasteiger partial charge is 0.573 e. The van der Waals surface area contributed by atoms with Crippen molar-refractivity contribution in [3.8, 4) is 5.75 Å². The van der Waals surface area contributed by atoms with Crippen molar-refractivity contribution in [2.24, 2.45) is 0 Å². The number of likely N-dealkylation sites (tertiary alicyclic amines) is 1. The summed E-state index contributed by atoms with van der Waals surface area (Å²) in [5.41, 5.74) is -0.453. The van der Waals surface area contributed by atoms with Gasteiger partial charge in [-0.3, -0.25) is 9.59 Å². The first-order valence-corrected chi connectivity index (χ1v) is 7.90. The van der Waals surface area contributed by atoms with Gasteiger partial charge in [0.1, 0.15) is 5.75 Å². The van der Waals surface area contributed by atoms with Gasteiger partial charge in [0.05, 0.1) is 11.8 Å².